The van der Waals surface area contributed by atoms with E-state index in [1.54, 1.807) is 24.3 Å². The van der Waals surface area contributed by atoms with Crippen molar-refractivity contribution in [3.05, 3.63) is 59.7 Å². The highest BCUT2D eigenvalue weighted by molar-refractivity contribution is 7.88. The summed E-state index contributed by atoms with van der Waals surface area (Å²) in [7, 11) is -2.17. The van der Waals surface area contributed by atoms with E-state index >= 15 is 0 Å². The number of amides is 1. The van der Waals surface area contributed by atoms with Gasteiger partial charge in [-0.15, -0.1) is 0 Å². The Balaban J connectivity index is 1.68. The number of ether oxygens (including phenoxy) is 2. The smallest absolute Gasteiger partial charge is 0.325 e. The monoisotopic (exact) mass is 418 g/mol. The molecule has 2 aromatic carbocycles. The quantitative estimate of drug-likeness (QED) is 0.715. The molecule has 0 radical (unpaired) electrons. The number of hydrogen-bond donors (Lipinski definition) is 1. The molecule has 9 heteroatoms. The third-order valence-electron chi connectivity index (χ3n) is 4.63. The molecule has 1 atom stereocenters. The van der Waals surface area contributed by atoms with Gasteiger partial charge >= 0.3 is 5.97 Å². The Labute approximate surface area is 169 Å². The Morgan fingerprint density at radius 1 is 1.10 bits per heavy atom. The normalized spacial score (nSPS) is 16.6. The summed E-state index contributed by atoms with van der Waals surface area (Å²) in [5, 5.41) is 2.60. The molecule has 0 bridgehead atoms. The van der Waals surface area contributed by atoms with Gasteiger partial charge in [-0.1, -0.05) is 36.4 Å². The first-order valence-electron chi connectivity index (χ1n) is 8.92. The van der Waals surface area contributed by atoms with Crippen LogP contribution in [0.3, 0.4) is 0 Å². The van der Waals surface area contributed by atoms with Gasteiger partial charge in [0.2, 0.25) is 10.0 Å². The predicted octanol–water partition coefficient (Wildman–Crippen LogP) is 1.56. The van der Waals surface area contributed by atoms with E-state index in [1.165, 1.54) is 7.11 Å². The lowest BCUT2D eigenvalue weighted by Crippen LogP contribution is -2.49. The molecule has 1 aliphatic rings. The van der Waals surface area contributed by atoms with Crippen LogP contribution in [0.5, 0.6) is 5.75 Å². The van der Waals surface area contributed by atoms with Crippen LogP contribution in [0.1, 0.15) is 11.1 Å². The fraction of sp³-hybridized carbons (Fsp3) is 0.300. The van der Waals surface area contributed by atoms with Crippen LogP contribution in [0.15, 0.2) is 48.5 Å². The van der Waals surface area contributed by atoms with Crippen LogP contribution in [0.25, 0.3) is 0 Å². The zero-order chi connectivity index (χ0) is 21.0. The van der Waals surface area contributed by atoms with E-state index in [-0.39, 0.29) is 13.0 Å². The van der Waals surface area contributed by atoms with Crippen molar-refractivity contribution in [2.75, 3.05) is 25.3 Å². The highest BCUT2D eigenvalue weighted by atomic mass is 32.2. The zero-order valence-electron chi connectivity index (χ0n) is 16.1. The lowest BCUT2D eigenvalue weighted by molar-refractivity contribution is -0.151. The summed E-state index contributed by atoms with van der Waals surface area (Å²) in [6, 6.07) is 13.1. The molecule has 2 aromatic rings. The number of sulfonamides is 1. The van der Waals surface area contributed by atoms with Gasteiger partial charge in [-0.2, -0.15) is 4.31 Å². The van der Waals surface area contributed by atoms with Crippen molar-refractivity contribution in [1.82, 2.24) is 4.31 Å². The number of methoxy groups -OCH3 is 1. The van der Waals surface area contributed by atoms with Gasteiger partial charge in [-0.05, 0) is 23.3 Å². The lowest BCUT2D eigenvalue weighted by Gasteiger charge is -2.33. The number of para-hydroxylation sites is 2. The van der Waals surface area contributed by atoms with Gasteiger partial charge in [0.15, 0.2) is 6.61 Å². The first-order chi connectivity index (χ1) is 13.8. The summed E-state index contributed by atoms with van der Waals surface area (Å²) in [5.74, 6) is -0.843. The fourth-order valence-electron chi connectivity index (χ4n) is 3.22. The Morgan fingerprint density at radius 3 is 2.45 bits per heavy atom. The zero-order valence-corrected chi connectivity index (χ0v) is 16.9. The second kappa shape index (κ2) is 8.62. The summed E-state index contributed by atoms with van der Waals surface area (Å²) in [4.78, 5) is 24.8. The molecule has 0 aromatic heterocycles. The minimum Gasteiger partial charge on any atom is -0.495 e. The average molecular weight is 418 g/mol. The maximum absolute atomic E-state index is 12.6. The molecule has 154 valence electrons. The number of esters is 1. The lowest BCUT2D eigenvalue weighted by atomic mass is 9.96. The van der Waals surface area contributed by atoms with E-state index < -0.39 is 34.5 Å². The average Bonchev–Trinajstić information content (AvgIpc) is 2.70. The SMILES string of the molecule is COc1ccccc1NC(=O)COC(=O)[C@@H]1Cc2ccccc2CN1S(C)(=O)=O. The standard InChI is InChI=1S/C20H22N2O6S/c1-27-18-10-6-5-9-16(18)21-19(23)13-28-20(24)17-11-14-7-3-4-8-15(14)12-22(17)29(2,25)26/h3-10,17H,11-13H2,1-2H3,(H,21,23)/t17-/m0/s1. The van der Waals surface area contributed by atoms with Gasteiger partial charge in [-0.3, -0.25) is 9.59 Å². The topological polar surface area (TPSA) is 102 Å². The molecule has 1 heterocycles. The van der Waals surface area contributed by atoms with E-state index in [4.69, 9.17) is 9.47 Å². The van der Waals surface area contributed by atoms with Gasteiger partial charge in [-0.25, -0.2) is 8.42 Å². The maximum Gasteiger partial charge on any atom is 0.325 e. The Bertz CT molecular complexity index is 1020. The third-order valence-corrected chi connectivity index (χ3v) is 5.87. The molecule has 8 nitrogen and oxygen atoms in total. The van der Waals surface area contributed by atoms with Gasteiger partial charge in [0, 0.05) is 13.0 Å². The van der Waals surface area contributed by atoms with E-state index in [9.17, 15) is 18.0 Å². The highest BCUT2D eigenvalue weighted by Gasteiger charge is 2.38. The van der Waals surface area contributed by atoms with Crippen LogP contribution in [0, 0.1) is 0 Å². The second-order valence-electron chi connectivity index (χ2n) is 6.65. The molecule has 0 spiro atoms. The van der Waals surface area contributed by atoms with Crippen molar-refractivity contribution in [1.29, 1.82) is 0 Å². The fourth-order valence-corrected chi connectivity index (χ4v) is 4.21. The number of benzene rings is 2. The minimum absolute atomic E-state index is 0.0855. The number of hydrogen-bond acceptors (Lipinski definition) is 6. The van der Waals surface area contributed by atoms with Crippen LogP contribution in [0.4, 0.5) is 5.69 Å². The number of nitrogens with one attached hydrogen (secondary N) is 1. The predicted molar refractivity (Wildman–Crippen MR) is 107 cm³/mol. The summed E-state index contributed by atoms with van der Waals surface area (Å²) in [6.45, 7) is -0.450. The van der Waals surface area contributed by atoms with E-state index in [2.05, 4.69) is 5.32 Å². The van der Waals surface area contributed by atoms with Crippen LogP contribution in [0.2, 0.25) is 0 Å². The number of fused-ring (bicyclic) bond motifs is 1. The molecule has 0 fully saturated rings. The molecule has 0 saturated heterocycles. The van der Waals surface area contributed by atoms with E-state index in [1.807, 2.05) is 24.3 Å². The molecule has 0 saturated carbocycles. The molecule has 0 unspecified atom stereocenters. The van der Waals surface area contributed by atoms with Crippen molar-refractivity contribution in [3.8, 4) is 5.75 Å². The van der Waals surface area contributed by atoms with E-state index in [0.717, 1.165) is 21.7 Å². The molecule has 1 N–H and O–H groups in total. The Morgan fingerprint density at radius 2 is 1.76 bits per heavy atom. The van der Waals surface area contributed by atoms with Crippen molar-refractivity contribution in [3.63, 3.8) is 0 Å². The van der Waals surface area contributed by atoms with Gasteiger partial charge in [0.05, 0.1) is 19.1 Å². The number of carbonyl (C=O) groups is 2. The Kier molecular flexibility index (Phi) is 6.19. The summed E-state index contributed by atoms with van der Waals surface area (Å²) >= 11 is 0. The van der Waals surface area contributed by atoms with Crippen molar-refractivity contribution < 1.29 is 27.5 Å². The van der Waals surface area contributed by atoms with E-state index in [0.29, 0.717) is 11.4 Å². The number of rotatable bonds is 6. The molecular weight excluding hydrogens is 396 g/mol. The molecule has 29 heavy (non-hydrogen) atoms. The first kappa shape index (κ1) is 20.8. The molecule has 0 aliphatic carbocycles. The second-order valence-corrected chi connectivity index (χ2v) is 8.59. The molecule has 1 aliphatic heterocycles. The third kappa shape index (κ3) is 4.93. The molecule has 1 amide bonds. The van der Waals surface area contributed by atoms with Crippen LogP contribution >= 0.6 is 0 Å². The molecular formula is C20H22N2O6S. The van der Waals surface area contributed by atoms with Crippen LogP contribution in [-0.4, -0.2) is 50.6 Å². The Hall–Kier alpha value is -2.91. The van der Waals surface area contributed by atoms with Gasteiger partial charge in [0.1, 0.15) is 11.8 Å². The van der Waals surface area contributed by atoms with Crippen molar-refractivity contribution in [2.45, 2.75) is 19.0 Å². The highest BCUT2D eigenvalue weighted by Crippen LogP contribution is 2.26. The maximum atomic E-state index is 12.6. The van der Waals surface area contributed by atoms with Crippen LogP contribution < -0.4 is 10.1 Å². The minimum atomic E-state index is -3.64. The largest absolute Gasteiger partial charge is 0.495 e. The van der Waals surface area contributed by atoms with Gasteiger partial charge < -0.3 is 14.8 Å². The summed E-state index contributed by atoms with van der Waals surface area (Å²) < 4.78 is 35.8. The summed E-state index contributed by atoms with van der Waals surface area (Å²) in [6.07, 6.45) is 1.24. The van der Waals surface area contributed by atoms with Crippen molar-refractivity contribution in [2.24, 2.45) is 0 Å². The number of nitrogens with zero attached hydrogens (tertiary/aromatic N) is 1. The van der Waals surface area contributed by atoms with Crippen LogP contribution in [-0.2, 0) is 37.3 Å². The first-order valence-corrected chi connectivity index (χ1v) is 10.8. The van der Waals surface area contributed by atoms with Gasteiger partial charge in [0.25, 0.3) is 5.91 Å². The molecule has 3 rings (SSSR count). The number of carbonyl (C=O) groups excluding carboxylic acids is 2. The summed E-state index contributed by atoms with van der Waals surface area (Å²) in [5.41, 5.74) is 2.17. The van der Waals surface area contributed by atoms with Crippen molar-refractivity contribution >= 4 is 27.6 Å². The number of anilines is 1.